The van der Waals surface area contributed by atoms with Crippen LogP contribution in [-0.2, 0) is 19.1 Å². The lowest BCUT2D eigenvalue weighted by Gasteiger charge is -2.31. The van der Waals surface area contributed by atoms with Crippen LogP contribution in [-0.4, -0.2) is 51.2 Å². The van der Waals surface area contributed by atoms with Crippen LogP contribution in [0.5, 0.6) is 0 Å². The van der Waals surface area contributed by atoms with Crippen LogP contribution in [0.4, 0.5) is 9.59 Å². The highest BCUT2D eigenvalue weighted by Gasteiger charge is 2.44. The first-order chi connectivity index (χ1) is 11.8. The fourth-order valence-corrected chi connectivity index (χ4v) is 1.93. The Morgan fingerprint density at radius 2 is 1.19 bits per heavy atom. The molecule has 0 aliphatic carbocycles. The number of carbonyl (C=O) groups excluding carboxylic acids is 3. The topological polar surface area (TPSA) is 110 Å². The molecule has 0 aliphatic heterocycles. The van der Waals surface area contributed by atoms with E-state index in [4.69, 9.17) is 9.47 Å². The zero-order valence-electron chi connectivity index (χ0n) is 17.8. The smallest absolute Gasteiger partial charge is 0.421 e. The molecule has 27 heavy (non-hydrogen) atoms. The van der Waals surface area contributed by atoms with Gasteiger partial charge in [0.15, 0.2) is 5.78 Å². The fourth-order valence-electron chi connectivity index (χ4n) is 1.93. The molecule has 0 bridgehead atoms. The molecule has 1 N–H and O–H groups in total. The predicted molar refractivity (Wildman–Crippen MR) is 99.4 cm³/mol. The Labute approximate surface area is 161 Å². The number of carboxylic acid groups (broad SMARTS) is 1. The molecule has 8 nitrogen and oxygen atoms in total. The van der Waals surface area contributed by atoms with Gasteiger partial charge < -0.3 is 14.6 Å². The molecule has 0 rings (SSSR count). The van der Waals surface area contributed by atoms with Crippen LogP contribution in [0.2, 0.25) is 0 Å². The number of hydrogen-bond acceptors (Lipinski definition) is 6. The molecule has 0 aliphatic rings. The molecule has 0 radical (unpaired) electrons. The highest BCUT2D eigenvalue weighted by atomic mass is 16.6. The fraction of sp³-hybridized carbons (Fsp3) is 0.789. The van der Waals surface area contributed by atoms with E-state index in [9.17, 15) is 24.3 Å². The van der Waals surface area contributed by atoms with E-state index in [1.54, 1.807) is 41.5 Å². The maximum atomic E-state index is 12.6. The van der Waals surface area contributed by atoms with Crippen molar-refractivity contribution in [1.29, 1.82) is 0 Å². The predicted octanol–water partition coefficient (Wildman–Crippen LogP) is 4.01. The van der Waals surface area contributed by atoms with Gasteiger partial charge >= 0.3 is 18.2 Å². The van der Waals surface area contributed by atoms with E-state index < -0.39 is 41.2 Å². The number of ether oxygens (including phenoxy) is 2. The lowest BCUT2D eigenvalue weighted by Crippen LogP contribution is -2.55. The number of rotatable bonds is 5. The number of aliphatic carboxylic acids is 1. The highest BCUT2D eigenvalue weighted by molar-refractivity contribution is 6.08. The lowest BCUT2D eigenvalue weighted by atomic mass is 9.88. The Morgan fingerprint density at radius 3 is 1.44 bits per heavy atom. The first-order valence-electron chi connectivity index (χ1n) is 8.85. The van der Waals surface area contributed by atoms with Gasteiger partial charge in [-0.3, -0.25) is 4.79 Å². The van der Waals surface area contributed by atoms with Gasteiger partial charge in [0.2, 0.25) is 6.04 Å². The van der Waals surface area contributed by atoms with Crippen molar-refractivity contribution in [3.05, 3.63) is 0 Å². The Balaban J connectivity index is 5.86. The van der Waals surface area contributed by atoms with Crippen molar-refractivity contribution in [2.75, 3.05) is 0 Å². The van der Waals surface area contributed by atoms with Crippen molar-refractivity contribution in [3.63, 3.8) is 0 Å². The second-order valence-electron chi connectivity index (χ2n) is 9.60. The number of Topliss-reactive ketones (excluding diaryl/α,β-unsaturated/α-hetero) is 1. The quantitative estimate of drug-likeness (QED) is 0.710. The van der Waals surface area contributed by atoms with Crippen LogP contribution in [0, 0.1) is 5.41 Å². The minimum atomic E-state index is -2.02. The molecule has 0 saturated heterocycles. The Kier molecular flexibility index (Phi) is 8.03. The minimum Gasteiger partial charge on any atom is -0.479 e. The van der Waals surface area contributed by atoms with E-state index >= 15 is 0 Å². The van der Waals surface area contributed by atoms with Crippen LogP contribution in [0.15, 0.2) is 0 Å². The minimum absolute atomic E-state index is 0.109. The molecule has 0 fully saturated rings. The summed E-state index contributed by atoms with van der Waals surface area (Å²) >= 11 is 0. The van der Waals surface area contributed by atoms with Crippen molar-refractivity contribution >= 4 is 23.9 Å². The molecule has 0 aromatic rings. The largest absolute Gasteiger partial charge is 0.479 e. The number of carbonyl (C=O) groups is 4. The van der Waals surface area contributed by atoms with Crippen LogP contribution in [0.25, 0.3) is 0 Å². The number of amides is 2. The van der Waals surface area contributed by atoms with E-state index in [-0.39, 0.29) is 16.7 Å². The van der Waals surface area contributed by atoms with Gasteiger partial charge in [0.05, 0.1) is 0 Å². The van der Waals surface area contributed by atoms with Crippen LogP contribution in [0.1, 0.15) is 75.2 Å². The second kappa shape index (κ2) is 8.71. The molecule has 2 amide bonds. The summed E-state index contributed by atoms with van der Waals surface area (Å²) in [5, 5.41) is 9.56. The second-order valence-corrected chi connectivity index (χ2v) is 9.60. The van der Waals surface area contributed by atoms with E-state index in [2.05, 4.69) is 0 Å². The van der Waals surface area contributed by atoms with Gasteiger partial charge in [-0.05, 0) is 53.4 Å². The summed E-state index contributed by atoms with van der Waals surface area (Å²) in [4.78, 5) is 49.6. The van der Waals surface area contributed by atoms with Gasteiger partial charge in [0.1, 0.15) is 11.2 Å². The number of carboxylic acids is 1. The van der Waals surface area contributed by atoms with Gasteiger partial charge in [-0.15, -0.1) is 0 Å². The molecule has 0 aromatic heterocycles. The molecule has 156 valence electrons. The Hall–Kier alpha value is -2.12. The van der Waals surface area contributed by atoms with Crippen molar-refractivity contribution in [2.45, 2.75) is 92.4 Å². The first-order valence-corrected chi connectivity index (χ1v) is 8.85. The van der Waals surface area contributed by atoms with E-state index in [1.807, 2.05) is 20.8 Å². The third kappa shape index (κ3) is 9.96. The van der Waals surface area contributed by atoms with E-state index in [0.717, 1.165) is 0 Å². The molecule has 0 aromatic carbocycles. The Bertz CT molecular complexity index is 548. The molecular formula is C19H33NO7. The summed E-state index contributed by atoms with van der Waals surface area (Å²) in [6.45, 7) is 15.1. The van der Waals surface area contributed by atoms with E-state index in [0.29, 0.717) is 6.42 Å². The summed E-state index contributed by atoms with van der Waals surface area (Å²) in [7, 11) is 0. The van der Waals surface area contributed by atoms with Crippen molar-refractivity contribution in [1.82, 2.24) is 4.90 Å². The zero-order valence-corrected chi connectivity index (χ0v) is 17.8. The lowest BCUT2D eigenvalue weighted by molar-refractivity contribution is -0.148. The molecule has 0 heterocycles. The molecule has 1 atom stereocenters. The monoisotopic (exact) mass is 387 g/mol. The van der Waals surface area contributed by atoms with Gasteiger partial charge in [-0.2, -0.15) is 4.90 Å². The maximum absolute atomic E-state index is 12.6. The van der Waals surface area contributed by atoms with Crippen LogP contribution < -0.4 is 0 Å². The first kappa shape index (κ1) is 24.9. The SMILES string of the molecule is CC(C)(C)CCC(=O)C(C(=O)O)N(C(=O)OC(C)(C)C)C(=O)OC(C)(C)C. The molecule has 8 heteroatoms. The van der Waals surface area contributed by atoms with Gasteiger partial charge in [0.25, 0.3) is 0 Å². The van der Waals surface area contributed by atoms with Crippen molar-refractivity contribution in [3.8, 4) is 0 Å². The van der Waals surface area contributed by atoms with Crippen LogP contribution >= 0.6 is 0 Å². The van der Waals surface area contributed by atoms with Gasteiger partial charge in [-0.1, -0.05) is 20.8 Å². The number of nitrogens with zero attached hydrogens (tertiary/aromatic N) is 1. The third-order valence-electron chi connectivity index (χ3n) is 3.10. The van der Waals surface area contributed by atoms with E-state index in [1.165, 1.54) is 0 Å². The zero-order chi connectivity index (χ0) is 21.8. The average Bonchev–Trinajstić information content (AvgIpc) is 2.36. The average molecular weight is 387 g/mol. The van der Waals surface area contributed by atoms with Gasteiger partial charge in [-0.25, -0.2) is 14.4 Å². The number of imide groups is 1. The highest BCUT2D eigenvalue weighted by Crippen LogP contribution is 2.23. The third-order valence-corrected chi connectivity index (χ3v) is 3.10. The molecule has 0 spiro atoms. The molecular weight excluding hydrogens is 354 g/mol. The summed E-state index contributed by atoms with van der Waals surface area (Å²) in [6.07, 6.45) is -2.20. The number of hydrogen-bond donors (Lipinski definition) is 1. The van der Waals surface area contributed by atoms with Crippen LogP contribution in [0.3, 0.4) is 0 Å². The standard InChI is InChI=1S/C19H33NO7/c1-17(2,3)11-10-12(21)13(14(22)23)20(15(24)26-18(4,5)6)16(25)27-19(7,8)9/h13H,10-11H2,1-9H3,(H,22,23). The maximum Gasteiger partial charge on any atom is 0.421 e. The Morgan fingerprint density at radius 1 is 0.815 bits per heavy atom. The summed E-state index contributed by atoms with van der Waals surface area (Å²) < 4.78 is 10.3. The van der Waals surface area contributed by atoms with Crippen molar-refractivity contribution in [2.24, 2.45) is 5.41 Å². The normalized spacial score (nSPS) is 13.5. The summed E-state index contributed by atoms with van der Waals surface area (Å²) in [6, 6.07) is -2.02. The summed E-state index contributed by atoms with van der Waals surface area (Å²) in [5.41, 5.74) is -2.20. The summed E-state index contributed by atoms with van der Waals surface area (Å²) in [5.74, 6) is -2.39. The molecule has 0 saturated carbocycles. The molecule has 1 unspecified atom stereocenters. The van der Waals surface area contributed by atoms with Gasteiger partial charge in [0, 0.05) is 6.42 Å². The van der Waals surface area contributed by atoms with Crippen molar-refractivity contribution < 1.29 is 33.8 Å². The number of ketones is 1.